The summed E-state index contributed by atoms with van der Waals surface area (Å²) in [6.45, 7) is 6.70. The Hall–Kier alpha value is -2.28. The molecule has 0 saturated carbocycles. The Morgan fingerprint density at radius 1 is 1.18 bits per heavy atom. The summed E-state index contributed by atoms with van der Waals surface area (Å²) < 4.78 is 1.81. The minimum atomic E-state index is 0.708. The summed E-state index contributed by atoms with van der Waals surface area (Å²) in [7, 11) is 1.99. The lowest BCUT2D eigenvalue weighted by Crippen LogP contribution is -2.19. The van der Waals surface area contributed by atoms with Gasteiger partial charge in [-0.2, -0.15) is 5.10 Å². The van der Waals surface area contributed by atoms with Crippen LogP contribution in [0.2, 0.25) is 0 Å². The van der Waals surface area contributed by atoms with Crippen LogP contribution in [0.15, 0.2) is 23.8 Å². The molecule has 7 heteroatoms. The van der Waals surface area contributed by atoms with Gasteiger partial charge in [0.2, 0.25) is 0 Å². The molecule has 0 radical (unpaired) electrons. The highest BCUT2D eigenvalue weighted by Gasteiger charge is 2.10. The van der Waals surface area contributed by atoms with Crippen molar-refractivity contribution in [3.8, 4) is 5.82 Å². The summed E-state index contributed by atoms with van der Waals surface area (Å²) in [4.78, 5) is 15.5. The van der Waals surface area contributed by atoms with Gasteiger partial charge >= 0.3 is 0 Å². The first kappa shape index (κ1) is 14.6. The molecule has 0 fully saturated rings. The van der Waals surface area contributed by atoms with Gasteiger partial charge < -0.3 is 4.90 Å². The minimum absolute atomic E-state index is 0.708. The first-order valence-corrected chi connectivity index (χ1v) is 7.89. The van der Waals surface area contributed by atoms with E-state index in [0.29, 0.717) is 6.54 Å². The van der Waals surface area contributed by atoms with Crippen molar-refractivity contribution in [2.24, 2.45) is 0 Å². The van der Waals surface area contributed by atoms with E-state index in [1.54, 1.807) is 23.7 Å². The number of hydrogen-bond acceptors (Lipinski definition) is 6. The first-order chi connectivity index (χ1) is 10.5. The monoisotopic (exact) mass is 314 g/mol. The van der Waals surface area contributed by atoms with Gasteiger partial charge in [0.1, 0.15) is 5.82 Å². The van der Waals surface area contributed by atoms with E-state index in [4.69, 9.17) is 0 Å². The zero-order chi connectivity index (χ0) is 15.7. The number of hydrogen-bond donors (Lipinski definition) is 0. The summed E-state index contributed by atoms with van der Waals surface area (Å²) in [6, 6.07) is 2.02. The van der Waals surface area contributed by atoms with Crippen molar-refractivity contribution in [3.63, 3.8) is 0 Å². The van der Waals surface area contributed by atoms with Gasteiger partial charge in [-0.1, -0.05) is 0 Å². The van der Waals surface area contributed by atoms with Crippen LogP contribution in [0.1, 0.15) is 22.1 Å². The zero-order valence-corrected chi connectivity index (χ0v) is 13.9. The fourth-order valence-electron chi connectivity index (χ4n) is 2.30. The van der Waals surface area contributed by atoms with Gasteiger partial charge in [0, 0.05) is 18.1 Å². The Morgan fingerprint density at radius 2 is 2.00 bits per heavy atom. The Labute approximate surface area is 133 Å². The molecule has 0 atom stereocenters. The minimum Gasteiger partial charge on any atom is -0.352 e. The molecule has 0 bridgehead atoms. The van der Waals surface area contributed by atoms with Crippen molar-refractivity contribution < 1.29 is 0 Å². The lowest BCUT2D eigenvalue weighted by Gasteiger charge is -2.17. The highest BCUT2D eigenvalue weighted by atomic mass is 32.1. The van der Waals surface area contributed by atoms with Crippen molar-refractivity contribution in [2.45, 2.75) is 27.3 Å². The maximum atomic E-state index is 4.66. The molecule has 3 rings (SSSR count). The molecular weight excluding hydrogens is 296 g/mol. The number of aromatic nitrogens is 5. The topological polar surface area (TPSA) is 59.7 Å². The third kappa shape index (κ3) is 2.99. The fraction of sp³-hybridized carbons (Fsp3) is 0.333. The van der Waals surface area contributed by atoms with Gasteiger partial charge in [-0.3, -0.25) is 4.98 Å². The summed E-state index contributed by atoms with van der Waals surface area (Å²) in [5.74, 6) is 1.53. The Morgan fingerprint density at radius 3 is 2.64 bits per heavy atom. The predicted molar refractivity (Wildman–Crippen MR) is 87.6 cm³/mol. The number of nitrogens with zero attached hydrogens (tertiary/aromatic N) is 6. The van der Waals surface area contributed by atoms with Crippen LogP contribution < -0.4 is 4.90 Å². The van der Waals surface area contributed by atoms with E-state index in [1.807, 2.05) is 43.5 Å². The largest absolute Gasteiger partial charge is 0.352 e. The summed E-state index contributed by atoms with van der Waals surface area (Å²) in [6.07, 6.45) is 3.48. The van der Waals surface area contributed by atoms with Gasteiger partial charge in [0.25, 0.3) is 0 Å². The molecule has 0 unspecified atom stereocenters. The van der Waals surface area contributed by atoms with Gasteiger partial charge in [-0.05, 0) is 26.8 Å². The molecule has 0 spiro atoms. The average Bonchev–Trinajstić information content (AvgIpc) is 3.04. The quantitative estimate of drug-likeness (QED) is 0.741. The van der Waals surface area contributed by atoms with E-state index < -0.39 is 0 Å². The maximum Gasteiger partial charge on any atom is 0.174 e. The second-order valence-electron chi connectivity index (χ2n) is 5.29. The molecule has 0 amide bonds. The average molecular weight is 314 g/mol. The molecule has 22 heavy (non-hydrogen) atoms. The zero-order valence-electron chi connectivity index (χ0n) is 13.1. The molecule has 3 aromatic heterocycles. The van der Waals surface area contributed by atoms with Crippen LogP contribution in [0.4, 0.5) is 5.82 Å². The van der Waals surface area contributed by atoms with Crippen LogP contribution in [0.3, 0.4) is 0 Å². The van der Waals surface area contributed by atoms with Crippen LogP contribution in [0.5, 0.6) is 0 Å². The van der Waals surface area contributed by atoms with Crippen molar-refractivity contribution >= 4 is 17.2 Å². The molecule has 0 aliphatic heterocycles. The predicted octanol–water partition coefficient (Wildman–Crippen LogP) is 2.68. The van der Waals surface area contributed by atoms with Crippen molar-refractivity contribution in [3.05, 3.63) is 45.9 Å². The molecule has 3 aromatic rings. The van der Waals surface area contributed by atoms with Crippen LogP contribution in [-0.4, -0.2) is 31.8 Å². The van der Waals surface area contributed by atoms with Crippen LogP contribution in [0.25, 0.3) is 5.82 Å². The Balaban J connectivity index is 1.85. The van der Waals surface area contributed by atoms with E-state index in [1.165, 1.54) is 0 Å². The highest BCUT2D eigenvalue weighted by molar-refractivity contribution is 7.09. The number of aryl methyl sites for hydroxylation is 3. The Bertz CT molecular complexity index is 791. The van der Waals surface area contributed by atoms with Crippen molar-refractivity contribution in [2.75, 3.05) is 11.9 Å². The molecule has 0 aliphatic rings. The van der Waals surface area contributed by atoms with Gasteiger partial charge in [-0.15, -0.1) is 11.3 Å². The first-order valence-electron chi connectivity index (χ1n) is 7.01. The normalized spacial score (nSPS) is 10.9. The second-order valence-corrected chi connectivity index (χ2v) is 6.35. The van der Waals surface area contributed by atoms with Gasteiger partial charge in [0.05, 0.1) is 35.3 Å². The van der Waals surface area contributed by atoms with E-state index in [9.17, 15) is 0 Å². The lowest BCUT2D eigenvalue weighted by molar-refractivity contribution is 0.786. The number of thiazole rings is 1. The SMILES string of the molecule is Cc1cc(C)n(-c2cncc(N(C)Cc3csc(C)n3)n2)n1. The maximum absolute atomic E-state index is 4.66. The highest BCUT2D eigenvalue weighted by Crippen LogP contribution is 2.16. The molecule has 0 aromatic carbocycles. The smallest absolute Gasteiger partial charge is 0.174 e. The van der Waals surface area contributed by atoms with Crippen LogP contribution >= 0.6 is 11.3 Å². The van der Waals surface area contributed by atoms with E-state index in [2.05, 4.69) is 25.4 Å². The lowest BCUT2D eigenvalue weighted by atomic mass is 10.4. The van der Waals surface area contributed by atoms with E-state index in [-0.39, 0.29) is 0 Å². The number of anilines is 1. The summed E-state index contributed by atoms with van der Waals surface area (Å²) in [5.41, 5.74) is 3.06. The van der Waals surface area contributed by atoms with Crippen molar-refractivity contribution in [1.29, 1.82) is 0 Å². The third-order valence-electron chi connectivity index (χ3n) is 3.29. The molecule has 114 valence electrons. The molecule has 0 aliphatic carbocycles. The number of rotatable bonds is 4. The van der Waals surface area contributed by atoms with E-state index in [0.717, 1.165) is 33.7 Å². The van der Waals surface area contributed by atoms with Crippen LogP contribution in [0, 0.1) is 20.8 Å². The summed E-state index contributed by atoms with van der Waals surface area (Å²) >= 11 is 1.66. The van der Waals surface area contributed by atoms with E-state index >= 15 is 0 Å². The summed E-state index contributed by atoms with van der Waals surface area (Å²) in [5, 5.41) is 7.60. The van der Waals surface area contributed by atoms with Gasteiger partial charge in [-0.25, -0.2) is 14.6 Å². The van der Waals surface area contributed by atoms with Gasteiger partial charge in [0.15, 0.2) is 5.82 Å². The Kier molecular flexibility index (Phi) is 3.89. The van der Waals surface area contributed by atoms with Crippen molar-refractivity contribution in [1.82, 2.24) is 24.7 Å². The second kappa shape index (κ2) is 5.84. The third-order valence-corrected chi connectivity index (χ3v) is 4.11. The molecule has 6 nitrogen and oxygen atoms in total. The molecule has 3 heterocycles. The molecule has 0 saturated heterocycles. The molecule has 0 N–H and O–H groups in total. The standard InChI is InChI=1S/C15H18N6S/c1-10-5-11(2)21(19-10)15-7-16-6-14(18-15)20(4)8-13-9-22-12(3)17-13/h5-7,9H,8H2,1-4H3. The molecular formula is C15H18N6S. The fourth-order valence-corrected chi connectivity index (χ4v) is 2.90. The van der Waals surface area contributed by atoms with Crippen LogP contribution in [-0.2, 0) is 6.54 Å².